The molecular formula is C19H21NO. The lowest BCUT2D eigenvalue weighted by molar-refractivity contribution is -0.122. The molecule has 2 unspecified atom stereocenters. The number of rotatable bonds is 6. The van der Waals surface area contributed by atoms with Gasteiger partial charge >= 0.3 is 0 Å². The first-order chi connectivity index (χ1) is 10.3. The molecule has 108 valence electrons. The third kappa shape index (κ3) is 3.72. The number of amides is 1. The van der Waals surface area contributed by atoms with E-state index >= 15 is 0 Å². The van der Waals surface area contributed by atoms with Crippen molar-refractivity contribution in [2.45, 2.75) is 25.2 Å². The SMILES string of the molecule is O=C(NCCCc1ccccc1)C1CC1c1ccccc1. The number of nitrogens with one attached hydrogen (secondary N) is 1. The molecule has 1 saturated carbocycles. The maximum Gasteiger partial charge on any atom is 0.223 e. The number of aryl methyl sites for hydroxylation is 1. The fraction of sp³-hybridized carbons (Fsp3) is 0.316. The van der Waals surface area contributed by atoms with Crippen LogP contribution in [0.25, 0.3) is 0 Å². The summed E-state index contributed by atoms with van der Waals surface area (Å²) in [6, 6.07) is 20.8. The minimum absolute atomic E-state index is 0.184. The van der Waals surface area contributed by atoms with Gasteiger partial charge in [0.15, 0.2) is 0 Å². The van der Waals surface area contributed by atoms with Gasteiger partial charge in [0, 0.05) is 12.5 Å². The van der Waals surface area contributed by atoms with E-state index in [1.807, 2.05) is 24.3 Å². The highest BCUT2D eigenvalue weighted by Crippen LogP contribution is 2.47. The number of carbonyl (C=O) groups excluding carboxylic acids is 1. The lowest BCUT2D eigenvalue weighted by atomic mass is 10.1. The van der Waals surface area contributed by atoms with Crippen LogP contribution >= 0.6 is 0 Å². The molecule has 1 aliphatic carbocycles. The summed E-state index contributed by atoms with van der Waals surface area (Å²) in [7, 11) is 0. The monoisotopic (exact) mass is 279 g/mol. The number of benzene rings is 2. The summed E-state index contributed by atoms with van der Waals surface area (Å²) in [6.45, 7) is 0.770. The molecule has 21 heavy (non-hydrogen) atoms. The van der Waals surface area contributed by atoms with Crippen LogP contribution < -0.4 is 5.32 Å². The Balaban J connectivity index is 1.38. The van der Waals surface area contributed by atoms with E-state index in [0.717, 1.165) is 25.8 Å². The van der Waals surface area contributed by atoms with Gasteiger partial charge in [-0.3, -0.25) is 4.79 Å². The van der Waals surface area contributed by atoms with Gasteiger partial charge in [0.25, 0.3) is 0 Å². The molecular weight excluding hydrogens is 258 g/mol. The predicted octanol–water partition coefficient (Wildman–Crippen LogP) is 3.54. The lowest BCUT2D eigenvalue weighted by Gasteiger charge is -2.05. The van der Waals surface area contributed by atoms with E-state index in [2.05, 4.69) is 41.7 Å². The van der Waals surface area contributed by atoms with Crippen molar-refractivity contribution in [3.8, 4) is 0 Å². The molecule has 1 N–H and O–H groups in total. The minimum Gasteiger partial charge on any atom is -0.356 e. The van der Waals surface area contributed by atoms with E-state index < -0.39 is 0 Å². The van der Waals surface area contributed by atoms with Gasteiger partial charge in [-0.05, 0) is 36.3 Å². The number of hydrogen-bond donors (Lipinski definition) is 1. The highest BCUT2D eigenvalue weighted by Gasteiger charge is 2.43. The van der Waals surface area contributed by atoms with E-state index in [4.69, 9.17) is 0 Å². The highest BCUT2D eigenvalue weighted by atomic mass is 16.2. The molecule has 2 aromatic carbocycles. The average Bonchev–Trinajstić information content (AvgIpc) is 3.34. The van der Waals surface area contributed by atoms with Crippen LogP contribution in [0, 0.1) is 5.92 Å². The third-order valence-corrected chi connectivity index (χ3v) is 4.14. The molecule has 1 fully saturated rings. The molecule has 0 radical (unpaired) electrons. The van der Waals surface area contributed by atoms with Crippen LogP contribution in [0.3, 0.4) is 0 Å². The van der Waals surface area contributed by atoms with E-state index in [0.29, 0.717) is 5.92 Å². The van der Waals surface area contributed by atoms with Gasteiger partial charge in [-0.1, -0.05) is 60.7 Å². The molecule has 2 nitrogen and oxygen atoms in total. The standard InChI is InChI=1S/C19H21NO/c21-19(18-14-17(18)16-11-5-2-6-12-16)20-13-7-10-15-8-3-1-4-9-15/h1-6,8-9,11-12,17-18H,7,10,13-14H2,(H,20,21). The third-order valence-electron chi connectivity index (χ3n) is 4.14. The Labute approximate surface area is 126 Å². The summed E-state index contributed by atoms with van der Waals surface area (Å²) in [5.74, 6) is 0.835. The van der Waals surface area contributed by atoms with Crippen molar-refractivity contribution in [1.82, 2.24) is 5.32 Å². The van der Waals surface area contributed by atoms with E-state index in [1.54, 1.807) is 0 Å². The zero-order valence-corrected chi connectivity index (χ0v) is 12.2. The Kier molecular flexibility index (Phi) is 4.34. The fourth-order valence-electron chi connectivity index (χ4n) is 2.83. The molecule has 2 heteroatoms. The zero-order chi connectivity index (χ0) is 14.5. The van der Waals surface area contributed by atoms with Crippen LogP contribution in [0.1, 0.15) is 29.9 Å². The highest BCUT2D eigenvalue weighted by molar-refractivity contribution is 5.82. The summed E-state index contributed by atoms with van der Waals surface area (Å²) < 4.78 is 0. The molecule has 0 spiro atoms. The van der Waals surface area contributed by atoms with Crippen molar-refractivity contribution in [2.75, 3.05) is 6.54 Å². The summed E-state index contributed by atoms with van der Waals surface area (Å²) in [6.07, 6.45) is 3.01. The van der Waals surface area contributed by atoms with Gasteiger partial charge < -0.3 is 5.32 Å². The molecule has 0 aliphatic heterocycles. The topological polar surface area (TPSA) is 29.1 Å². The van der Waals surface area contributed by atoms with Gasteiger partial charge in [0.05, 0.1) is 0 Å². The second kappa shape index (κ2) is 6.57. The molecule has 0 saturated heterocycles. The van der Waals surface area contributed by atoms with Crippen molar-refractivity contribution in [2.24, 2.45) is 5.92 Å². The first-order valence-electron chi connectivity index (χ1n) is 7.71. The van der Waals surface area contributed by atoms with Gasteiger partial charge in [-0.2, -0.15) is 0 Å². The summed E-state index contributed by atoms with van der Waals surface area (Å²) in [4.78, 5) is 12.1. The quantitative estimate of drug-likeness (QED) is 0.805. The molecule has 1 amide bonds. The first-order valence-corrected chi connectivity index (χ1v) is 7.71. The summed E-state index contributed by atoms with van der Waals surface area (Å²) >= 11 is 0. The van der Waals surface area contributed by atoms with Crippen molar-refractivity contribution >= 4 is 5.91 Å². The predicted molar refractivity (Wildman–Crippen MR) is 85.1 cm³/mol. The summed E-state index contributed by atoms with van der Waals surface area (Å²) in [5, 5.41) is 3.08. The Morgan fingerprint density at radius 1 is 1.00 bits per heavy atom. The molecule has 1 aliphatic rings. The Hall–Kier alpha value is -2.09. The largest absolute Gasteiger partial charge is 0.356 e. The number of carbonyl (C=O) groups is 1. The molecule has 2 aromatic rings. The fourth-order valence-corrected chi connectivity index (χ4v) is 2.83. The molecule has 2 atom stereocenters. The lowest BCUT2D eigenvalue weighted by Crippen LogP contribution is -2.26. The Morgan fingerprint density at radius 2 is 1.67 bits per heavy atom. The maximum absolute atomic E-state index is 12.1. The Bertz CT molecular complexity index is 579. The van der Waals surface area contributed by atoms with Crippen LogP contribution in [0.4, 0.5) is 0 Å². The summed E-state index contributed by atoms with van der Waals surface area (Å²) in [5.41, 5.74) is 2.63. The van der Waals surface area contributed by atoms with Gasteiger partial charge in [-0.15, -0.1) is 0 Å². The van der Waals surface area contributed by atoms with Crippen LogP contribution in [-0.2, 0) is 11.2 Å². The molecule has 0 bridgehead atoms. The van der Waals surface area contributed by atoms with Gasteiger partial charge in [0.2, 0.25) is 5.91 Å². The minimum atomic E-state index is 0.184. The van der Waals surface area contributed by atoms with Crippen LogP contribution in [0.15, 0.2) is 60.7 Å². The molecule has 0 heterocycles. The second-order valence-corrected chi connectivity index (χ2v) is 5.74. The Morgan fingerprint density at radius 3 is 2.38 bits per heavy atom. The van der Waals surface area contributed by atoms with Crippen molar-refractivity contribution in [3.05, 3.63) is 71.8 Å². The average molecular weight is 279 g/mol. The molecule has 3 rings (SSSR count). The van der Waals surface area contributed by atoms with Gasteiger partial charge in [0.1, 0.15) is 0 Å². The second-order valence-electron chi connectivity index (χ2n) is 5.74. The van der Waals surface area contributed by atoms with Crippen LogP contribution in [0.5, 0.6) is 0 Å². The number of hydrogen-bond acceptors (Lipinski definition) is 1. The van der Waals surface area contributed by atoms with Gasteiger partial charge in [-0.25, -0.2) is 0 Å². The van der Waals surface area contributed by atoms with Crippen LogP contribution in [0.2, 0.25) is 0 Å². The van der Waals surface area contributed by atoms with E-state index in [9.17, 15) is 4.79 Å². The maximum atomic E-state index is 12.1. The molecule has 0 aromatic heterocycles. The van der Waals surface area contributed by atoms with Crippen molar-refractivity contribution < 1.29 is 4.79 Å². The van der Waals surface area contributed by atoms with Crippen LogP contribution in [-0.4, -0.2) is 12.5 Å². The smallest absolute Gasteiger partial charge is 0.223 e. The van der Waals surface area contributed by atoms with Crippen molar-refractivity contribution in [3.63, 3.8) is 0 Å². The van der Waals surface area contributed by atoms with Crippen molar-refractivity contribution in [1.29, 1.82) is 0 Å². The van der Waals surface area contributed by atoms with E-state index in [1.165, 1.54) is 11.1 Å². The first kappa shape index (κ1) is 13.9. The van der Waals surface area contributed by atoms with E-state index in [-0.39, 0.29) is 11.8 Å². The normalized spacial score (nSPS) is 20.0. The zero-order valence-electron chi connectivity index (χ0n) is 12.2.